The number of halogens is 2. The van der Waals surface area contributed by atoms with Crippen molar-refractivity contribution in [3.05, 3.63) is 197 Å². The predicted molar refractivity (Wildman–Crippen MR) is 257 cm³/mol. The lowest BCUT2D eigenvalue weighted by atomic mass is 9.81. The monoisotopic (exact) mass is 823 g/mol. The first-order valence-electron chi connectivity index (χ1n) is 21.5. The molecule has 6 heteroatoms. The first kappa shape index (κ1) is 37.3. The van der Waals surface area contributed by atoms with Gasteiger partial charge in [0.05, 0.1) is 16.6 Å². The third kappa shape index (κ3) is 5.50. The summed E-state index contributed by atoms with van der Waals surface area (Å²) in [5.74, 6) is -0.542. The molecule has 0 saturated carbocycles. The molecule has 0 bridgehead atoms. The van der Waals surface area contributed by atoms with E-state index in [1.807, 2.05) is 24.3 Å². The SMILES string of the molecule is Cc1cc(C)cc(N(c2ccc(F)cc2)c2ccc3c(c2)C(C)(C)c2c-3n3c4oc5cc(N(c6ccc(F)cc6)c6cc(C)cc(C)c6)ccc5c4c4c5ccccc5cc2c43)c1. The van der Waals surface area contributed by atoms with Crippen LogP contribution in [0, 0.1) is 39.3 Å². The van der Waals surface area contributed by atoms with Crippen LogP contribution in [0.25, 0.3) is 60.4 Å². The number of rotatable bonds is 6. The summed E-state index contributed by atoms with van der Waals surface area (Å²) in [6, 6.07) is 50.8. The fourth-order valence-corrected chi connectivity index (χ4v) is 10.8. The number of benzene rings is 8. The van der Waals surface area contributed by atoms with Crippen LogP contribution < -0.4 is 9.80 Å². The molecule has 3 heterocycles. The van der Waals surface area contributed by atoms with Crippen LogP contribution in [-0.4, -0.2) is 4.40 Å². The molecule has 4 nitrogen and oxygen atoms in total. The number of hydrogen-bond acceptors (Lipinski definition) is 3. The molecule has 0 aliphatic heterocycles. The molecule has 0 unspecified atom stereocenters. The normalized spacial score (nSPS) is 13.2. The smallest absolute Gasteiger partial charge is 0.213 e. The highest BCUT2D eigenvalue weighted by atomic mass is 19.1. The second-order valence-electron chi connectivity index (χ2n) is 18.1. The van der Waals surface area contributed by atoms with Crippen molar-refractivity contribution < 1.29 is 13.2 Å². The van der Waals surface area contributed by atoms with Crippen molar-refractivity contribution in [2.75, 3.05) is 9.80 Å². The summed E-state index contributed by atoms with van der Waals surface area (Å²) < 4.78 is 38.2. The number of fused-ring (bicyclic) bond motifs is 12. The molecule has 0 atom stereocenters. The second kappa shape index (κ2) is 13.3. The molecule has 63 heavy (non-hydrogen) atoms. The first-order chi connectivity index (χ1) is 30.4. The van der Waals surface area contributed by atoms with E-state index in [1.54, 1.807) is 0 Å². The number of anilines is 6. The number of aromatic nitrogens is 1. The molecule has 1 aliphatic rings. The lowest BCUT2D eigenvalue weighted by Crippen LogP contribution is -2.16. The Hall–Kier alpha value is -7.44. The molecule has 12 rings (SSSR count). The van der Waals surface area contributed by atoms with Crippen molar-refractivity contribution in [2.24, 2.45) is 0 Å². The summed E-state index contributed by atoms with van der Waals surface area (Å²) in [4.78, 5) is 4.40. The Balaban J connectivity index is 1.11. The van der Waals surface area contributed by atoms with Gasteiger partial charge < -0.3 is 14.2 Å². The van der Waals surface area contributed by atoms with E-state index in [1.165, 1.54) is 62.5 Å². The molecule has 0 N–H and O–H groups in total. The first-order valence-corrected chi connectivity index (χ1v) is 21.5. The summed E-state index contributed by atoms with van der Waals surface area (Å²) >= 11 is 0. The second-order valence-corrected chi connectivity index (χ2v) is 18.1. The molecule has 8 aromatic carbocycles. The van der Waals surface area contributed by atoms with E-state index in [-0.39, 0.29) is 17.0 Å². The van der Waals surface area contributed by atoms with Gasteiger partial charge in [-0.3, -0.25) is 4.40 Å². The number of furan rings is 1. The van der Waals surface area contributed by atoms with Gasteiger partial charge >= 0.3 is 0 Å². The van der Waals surface area contributed by atoms with Crippen LogP contribution in [0.3, 0.4) is 0 Å². The van der Waals surface area contributed by atoms with E-state index >= 15 is 0 Å². The Morgan fingerprint density at radius 1 is 0.492 bits per heavy atom. The van der Waals surface area contributed by atoms with Crippen molar-refractivity contribution >= 4 is 83.3 Å². The highest BCUT2D eigenvalue weighted by Gasteiger charge is 2.42. The van der Waals surface area contributed by atoms with Gasteiger partial charge in [0.15, 0.2) is 0 Å². The standard InChI is InChI=1S/C57H43F2N3O/c1-32-23-33(2)26-43(25-32)60(39-15-11-37(58)12-16-39)41-19-21-46-49(30-41)57(5,6)53-48-29-36-9-7-8-10-45(36)51-52-47-22-20-42(31-50(47)63-56(52)62(54(48)51)55(46)53)61(40-17-13-38(59)14-18-40)44-27-34(3)24-35(4)28-44/h7-31H,1-6H3. The highest BCUT2D eigenvalue weighted by molar-refractivity contribution is 6.32. The average Bonchev–Trinajstić information content (AvgIpc) is 3.95. The van der Waals surface area contributed by atoms with Crippen molar-refractivity contribution in [1.29, 1.82) is 0 Å². The highest BCUT2D eigenvalue weighted by Crippen LogP contribution is 2.58. The van der Waals surface area contributed by atoms with E-state index in [9.17, 15) is 8.78 Å². The number of nitrogens with zero attached hydrogens (tertiary/aromatic N) is 3. The van der Waals surface area contributed by atoms with E-state index in [4.69, 9.17) is 4.42 Å². The van der Waals surface area contributed by atoms with Crippen LogP contribution >= 0.6 is 0 Å². The molecular weight excluding hydrogens is 781 g/mol. The molecular formula is C57H43F2N3O. The molecule has 0 amide bonds. The molecule has 0 spiro atoms. The molecule has 1 aliphatic carbocycles. The summed E-state index contributed by atoms with van der Waals surface area (Å²) in [5, 5.41) is 6.92. The molecule has 3 aromatic heterocycles. The van der Waals surface area contributed by atoms with E-state index in [0.29, 0.717) is 0 Å². The van der Waals surface area contributed by atoms with Gasteiger partial charge in [-0.2, -0.15) is 0 Å². The Labute approximate surface area is 364 Å². The quantitative estimate of drug-likeness (QED) is 0.167. The minimum atomic E-state index is -0.376. The predicted octanol–water partition coefficient (Wildman–Crippen LogP) is 16.3. The van der Waals surface area contributed by atoms with Gasteiger partial charge in [-0.1, -0.05) is 56.3 Å². The van der Waals surface area contributed by atoms with Gasteiger partial charge in [0.1, 0.15) is 17.2 Å². The lowest BCUT2D eigenvalue weighted by Gasteiger charge is -2.28. The molecule has 0 saturated heterocycles. The molecule has 11 aromatic rings. The zero-order valence-corrected chi connectivity index (χ0v) is 35.9. The third-order valence-electron chi connectivity index (χ3n) is 13.3. The number of hydrogen-bond donors (Lipinski definition) is 0. The zero-order valence-electron chi connectivity index (χ0n) is 35.9. The Morgan fingerprint density at radius 3 is 1.63 bits per heavy atom. The van der Waals surface area contributed by atoms with Gasteiger partial charge in [-0.05, 0) is 175 Å². The van der Waals surface area contributed by atoms with Crippen molar-refractivity contribution in [1.82, 2.24) is 4.40 Å². The van der Waals surface area contributed by atoms with Crippen molar-refractivity contribution in [2.45, 2.75) is 47.0 Å². The van der Waals surface area contributed by atoms with Crippen LogP contribution in [0.1, 0.15) is 47.2 Å². The largest absolute Gasteiger partial charge is 0.439 e. The maximum atomic E-state index is 14.3. The number of aryl methyl sites for hydroxylation is 4. The average molecular weight is 824 g/mol. The van der Waals surface area contributed by atoms with E-state index in [0.717, 1.165) is 89.7 Å². The fourth-order valence-electron chi connectivity index (χ4n) is 10.8. The van der Waals surface area contributed by atoms with Gasteiger partial charge in [0.2, 0.25) is 5.71 Å². The van der Waals surface area contributed by atoms with Crippen molar-refractivity contribution in [3.63, 3.8) is 0 Å². The van der Waals surface area contributed by atoms with E-state index in [2.05, 4.69) is 159 Å². The fraction of sp³-hybridized carbons (Fsp3) is 0.123. The van der Waals surface area contributed by atoms with Crippen LogP contribution in [0.4, 0.5) is 42.9 Å². The minimum absolute atomic E-state index is 0.265. The van der Waals surface area contributed by atoms with Crippen LogP contribution in [0.15, 0.2) is 156 Å². The van der Waals surface area contributed by atoms with Gasteiger partial charge in [-0.15, -0.1) is 0 Å². The summed E-state index contributed by atoms with van der Waals surface area (Å²) in [5.41, 5.74) is 17.5. The Bertz CT molecular complexity index is 3630. The van der Waals surface area contributed by atoms with Crippen molar-refractivity contribution in [3.8, 4) is 11.3 Å². The Kier molecular flexibility index (Phi) is 7.87. The summed E-state index contributed by atoms with van der Waals surface area (Å²) in [6.07, 6.45) is 0. The van der Waals surface area contributed by atoms with Gasteiger partial charge in [0.25, 0.3) is 0 Å². The Morgan fingerprint density at radius 2 is 1.03 bits per heavy atom. The van der Waals surface area contributed by atoms with Gasteiger partial charge in [0, 0.05) is 67.3 Å². The van der Waals surface area contributed by atoms with Crippen LogP contribution in [0.2, 0.25) is 0 Å². The van der Waals surface area contributed by atoms with E-state index < -0.39 is 0 Å². The topological polar surface area (TPSA) is 24.0 Å². The van der Waals surface area contributed by atoms with Crippen LogP contribution in [-0.2, 0) is 5.41 Å². The molecule has 0 fully saturated rings. The van der Waals surface area contributed by atoms with Crippen LogP contribution in [0.5, 0.6) is 0 Å². The third-order valence-corrected chi connectivity index (χ3v) is 13.3. The molecule has 0 radical (unpaired) electrons. The zero-order chi connectivity index (χ0) is 43.1. The summed E-state index contributed by atoms with van der Waals surface area (Å²) in [7, 11) is 0. The lowest BCUT2D eigenvalue weighted by molar-refractivity contribution is 0.627. The van der Waals surface area contributed by atoms with Gasteiger partial charge in [-0.25, -0.2) is 8.78 Å². The summed E-state index contributed by atoms with van der Waals surface area (Å²) in [6.45, 7) is 13.1. The molecule has 306 valence electrons. The maximum Gasteiger partial charge on any atom is 0.213 e. The minimum Gasteiger partial charge on any atom is -0.439 e. The maximum absolute atomic E-state index is 14.3.